The number of hydrogen-bond donors (Lipinski definition) is 4. The van der Waals surface area contributed by atoms with Crippen molar-refractivity contribution in [1.82, 2.24) is 40.4 Å². The van der Waals surface area contributed by atoms with E-state index in [2.05, 4.69) is 91.0 Å². The van der Waals surface area contributed by atoms with Crippen LogP contribution in [-0.4, -0.2) is 107 Å². The summed E-state index contributed by atoms with van der Waals surface area (Å²) in [4.78, 5) is 70.3. The van der Waals surface area contributed by atoms with E-state index in [1.807, 2.05) is 11.1 Å². The van der Waals surface area contributed by atoms with Crippen molar-refractivity contribution in [3.63, 3.8) is 0 Å². The highest BCUT2D eigenvalue weighted by Crippen LogP contribution is 2.58. The molecule has 3 aliphatic rings. The maximum absolute atomic E-state index is 13.6. The summed E-state index contributed by atoms with van der Waals surface area (Å²) in [6, 6.07) is 19.7. The van der Waals surface area contributed by atoms with Gasteiger partial charge in [-0.05, 0) is 84.0 Å². The monoisotopic (exact) mass is 788 g/mol. The first-order chi connectivity index (χ1) is 28.1. The van der Waals surface area contributed by atoms with Gasteiger partial charge in [0.05, 0.1) is 56.2 Å². The molecule has 2 aromatic heterocycles. The molecule has 58 heavy (non-hydrogen) atoms. The molecule has 1 aliphatic carbocycles. The lowest BCUT2D eigenvalue weighted by atomic mass is 9.98. The number of nitrogens with one attached hydrogen (secondary N) is 4. The van der Waals surface area contributed by atoms with Gasteiger partial charge >= 0.3 is 12.2 Å². The van der Waals surface area contributed by atoms with Crippen LogP contribution in [0.3, 0.4) is 0 Å². The van der Waals surface area contributed by atoms with Crippen LogP contribution in [-0.2, 0) is 23.8 Å². The van der Waals surface area contributed by atoms with E-state index in [0.717, 1.165) is 82.3 Å². The Morgan fingerprint density at radius 2 is 1.40 bits per heavy atom. The number of rotatable bonds is 11. The number of benzene rings is 3. The molecule has 302 valence electrons. The van der Waals surface area contributed by atoms with Gasteiger partial charge in [-0.2, -0.15) is 0 Å². The predicted octanol–water partition coefficient (Wildman–Crippen LogP) is 6.12. The number of aromatic nitrogens is 4. The number of fused-ring (bicyclic) bond motifs is 1. The number of likely N-dealkylation sites (tertiary alicyclic amines) is 2. The number of imidazole rings is 2. The molecule has 3 aromatic carbocycles. The average molecular weight is 789 g/mol. The molecule has 4 unspecified atom stereocenters. The summed E-state index contributed by atoms with van der Waals surface area (Å²) in [5.74, 6) is 1.05. The van der Waals surface area contributed by atoms with E-state index in [4.69, 9.17) is 14.5 Å². The zero-order valence-corrected chi connectivity index (χ0v) is 33.0. The SMILES string of the molecule is COC(=O)NCC(=O)N1CC2(CC2)CC1c1ncc(-c2ccc3cc(-c4ccc(-c5cnc(C6CCCN6C(=O)C(NC(=O)OC)C(C)OC)[nH]5)cc4)ccc3c2)[nH]1. The van der Waals surface area contributed by atoms with Gasteiger partial charge in [0.15, 0.2) is 0 Å². The van der Waals surface area contributed by atoms with E-state index < -0.39 is 24.3 Å². The number of alkyl carbamates (subject to hydrolysis) is 2. The maximum Gasteiger partial charge on any atom is 0.407 e. The number of methoxy groups -OCH3 is 3. The molecular formula is C43H48N8O7. The Hall–Kier alpha value is -6.22. The van der Waals surface area contributed by atoms with Gasteiger partial charge in [0.25, 0.3) is 0 Å². The van der Waals surface area contributed by atoms with Crippen LogP contribution in [0.1, 0.15) is 62.8 Å². The van der Waals surface area contributed by atoms with Crippen molar-refractivity contribution in [2.24, 2.45) is 5.41 Å². The van der Waals surface area contributed by atoms with Gasteiger partial charge in [-0.15, -0.1) is 0 Å². The topological polar surface area (TPSA) is 184 Å². The molecule has 5 aromatic rings. The molecule has 8 rings (SSSR count). The van der Waals surface area contributed by atoms with E-state index in [0.29, 0.717) is 18.9 Å². The van der Waals surface area contributed by atoms with Gasteiger partial charge in [0.1, 0.15) is 24.2 Å². The number of aromatic amines is 2. The van der Waals surface area contributed by atoms with Crippen LogP contribution in [0, 0.1) is 5.41 Å². The number of nitrogens with zero attached hydrogens (tertiary/aromatic N) is 4. The van der Waals surface area contributed by atoms with Crippen LogP contribution >= 0.6 is 0 Å². The number of ether oxygens (including phenoxy) is 3. The zero-order chi connectivity index (χ0) is 40.6. The molecule has 3 fully saturated rings. The third-order valence-corrected chi connectivity index (χ3v) is 12.0. The standard InChI is InChI=1S/C43H48N8O7/c1-25(56-2)37(49-42(55)58-4)40(53)50-17-5-6-34(50)38-44-21-32(47-38)27-9-7-26(8-10-27)28-11-12-30-19-31(14-13-29(30)18-28)33-22-45-39(48-33)35-20-43(15-16-43)24-51(35)36(52)23-46-41(54)57-3/h7-14,18-19,21-22,25,34-35,37H,5-6,15-17,20,23-24H2,1-4H3,(H,44,47)(H,45,48)(H,46,54)(H,49,55). The fraction of sp³-hybridized carbons (Fsp3) is 0.395. The minimum atomic E-state index is -0.893. The van der Waals surface area contributed by atoms with Crippen LogP contribution < -0.4 is 10.6 Å². The number of H-pyrrole nitrogens is 2. The van der Waals surface area contributed by atoms with Crippen molar-refractivity contribution in [3.8, 4) is 33.6 Å². The van der Waals surface area contributed by atoms with Crippen molar-refractivity contribution in [1.29, 1.82) is 0 Å². The van der Waals surface area contributed by atoms with Gasteiger partial charge in [0.2, 0.25) is 11.8 Å². The Bertz CT molecular complexity index is 2330. The average Bonchev–Trinajstić information content (AvgIpc) is 3.79. The first-order valence-electron chi connectivity index (χ1n) is 19.6. The predicted molar refractivity (Wildman–Crippen MR) is 215 cm³/mol. The Kier molecular flexibility index (Phi) is 10.6. The number of carbonyl (C=O) groups is 4. The summed E-state index contributed by atoms with van der Waals surface area (Å²) in [5, 5.41) is 7.33. The van der Waals surface area contributed by atoms with E-state index in [9.17, 15) is 19.2 Å². The van der Waals surface area contributed by atoms with Crippen molar-refractivity contribution >= 4 is 34.8 Å². The van der Waals surface area contributed by atoms with E-state index in [1.54, 1.807) is 18.0 Å². The molecule has 15 heteroatoms. The second-order valence-corrected chi connectivity index (χ2v) is 15.5. The lowest BCUT2D eigenvalue weighted by Crippen LogP contribution is -2.54. The van der Waals surface area contributed by atoms with E-state index in [1.165, 1.54) is 21.3 Å². The summed E-state index contributed by atoms with van der Waals surface area (Å²) in [6.45, 7) is 2.83. The van der Waals surface area contributed by atoms with Gasteiger partial charge in [-0.3, -0.25) is 9.59 Å². The molecule has 0 radical (unpaired) electrons. The van der Waals surface area contributed by atoms with Gasteiger partial charge in [-0.1, -0.05) is 48.5 Å². The number of carbonyl (C=O) groups excluding carboxylic acids is 4. The van der Waals surface area contributed by atoms with E-state index in [-0.39, 0.29) is 35.9 Å². The van der Waals surface area contributed by atoms with E-state index >= 15 is 0 Å². The highest BCUT2D eigenvalue weighted by atomic mass is 16.5. The molecule has 15 nitrogen and oxygen atoms in total. The first-order valence-corrected chi connectivity index (χ1v) is 19.6. The van der Waals surface area contributed by atoms with Crippen LogP contribution in [0.25, 0.3) is 44.4 Å². The van der Waals surface area contributed by atoms with Crippen molar-refractivity contribution in [2.75, 3.05) is 41.0 Å². The van der Waals surface area contributed by atoms with Crippen LogP contribution in [0.2, 0.25) is 0 Å². The van der Waals surface area contributed by atoms with Crippen molar-refractivity contribution in [2.45, 2.75) is 63.3 Å². The molecule has 1 saturated carbocycles. The highest BCUT2D eigenvalue weighted by molar-refractivity contribution is 5.91. The minimum Gasteiger partial charge on any atom is -0.453 e. The maximum atomic E-state index is 13.6. The van der Waals surface area contributed by atoms with Gasteiger partial charge in [-0.25, -0.2) is 19.6 Å². The Balaban J connectivity index is 0.941. The first kappa shape index (κ1) is 38.6. The highest BCUT2D eigenvalue weighted by Gasteiger charge is 2.54. The molecule has 4 heterocycles. The normalized spacial score (nSPS) is 19.2. The summed E-state index contributed by atoms with van der Waals surface area (Å²) < 4.78 is 14.8. The summed E-state index contributed by atoms with van der Waals surface area (Å²) in [6.07, 6.45) is 6.35. The molecular weight excluding hydrogens is 741 g/mol. The molecule has 2 saturated heterocycles. The van der Waals surface area contributed by atoms with Crippen LogP contribution in [0.15, 0.2) is 73.1 Å². The smallest absolute Gasteiger partial charge is 0.407 e. The number of hydrogen-bond acceptors (Lipinski definition) is 9. The van der Waals surface area contributed by atoms with Gasteiger partial charge < -0.3 is 44.6 Å². The lowest BCUT2D eigenvalue weighted by molar-refractivity contribution is -0.137. The molecule has 4 amide bonds. The zero-order valence-electron chi connectivity index (χ0n) is 33.0. The largest absolute Gasteiger partial charge is 0.453 e. The van der Waals surface area contributed by atoms with Crippen LogP contribution in [0.4, 0.5) is 9.59 Å². The quantitative estimate of drug-likeness (QED) is 0.123. The molecule has 4 N–H and O–H groups in total. The fourth-order valence-electron chi connectivity index (χ4n) is 8.36. The second-order valence-electron chi connectivity index (χ2n) is 15.5. The third-order valence-electron chi connectivity index (χ3n) is 12.0. The summed E-state index contributed by atoms with van der Waals surface area (Å²) in [5.41, 5.74) is 5.99. The molecule has 2 aliphatic heterocycles. The fourth-order valence-corrected chi connectivity index (χ4v) is 8.36. The molecule has 4 atom stereocenters. The van der Waals surface area contributed by atoms with Crippen LogP contribution in [0.5, 0.6) is 0 Å². The lowest BCUT2D eigenvalue weighted by Gasteiger charge is -2.30. The molecule has 0 bridgehead atoms. The van der Waals surface area contributed by atoms with Crippen molar-refractivity contribution in [3.05, 3.63) is 84.7 Å². The Labute approximate surface area is 335 Å². The Morgan fingerprint density at radius 1 is 0.793 bits per heavy atom. The second kappa shape index (κ2) is 16.0. The summed E-state index contributed by atoms with van der Waals surface area (Å²) >= 11 is 0. The summed E-state index contributed by atoms with van der Waals surface area (Å²) in [7, 11) is 4.04. The minimum absolute atomic E-state index is 0.116. The number of amides is 4. The van der Waals surface area contributed by atoms with Gasteiger partial charge in [0, 0.05) is 25.8 Å². The third kappa shape index (κ3) is 7.73. The molecule has 1 spiro atoms. The van der Waals surface area contributed by atoms with Crippen molar-refractivity contribution < 1.29 is 33.4 Å². The Morgan fingerprint density at radius 3 is 2.05 bits per heavy atom.